The number of primary amides is 1. The maximum absolute atomic E-state index is 13.1. The smallest absolute Gasteiger partial charge is 0.228 e. The molecule has 0 aromatic heterocycles. The molecule has 1 heterocycles. The molecule has 7 heteroatoms. The molecule has 0 radical (unpaired) electrons. The summed E-state index contributed by atoms with van der Waals surface area (Å²) in [5.74, 6) is -0.0363. The second-order valence-corrected chi connectivity index (χ2v) is 7.42. The van der Waals surface area contributed by atoms with Gasteiger partial charge in [-0.25, -0.2) is 0 Å². The molecule has 0 unspecified atom stereocenters. The molecule has 25 heavy (non-hydrogen) atoms. The van der Waals surface area contributed by atoms with Crippen molar-refractivity contribution in [1.29, 1.82) is 0 Å². The van der Waals surface area contributed by atoms with Crippen LogP contribution >= 0.6 is 24.0 Å². The zero-order valence-corrected chi connectivity index (χ0v) is 15.7. The Hall–Kier alpha value is -1.30. The monoisotopic (exact) mass is 385 g/mol. The van der Waals surface area contributed by atoms with Crippen LogP contribution in [0.5, 0.6) is 0 Å². The number of carbonyl (C=O) groups is 2. The van der Waals surface area contributed by atoms with Gasteiger partial charge in [-0.3, -0.25) is 9.59 Å². The summed E-state index contributed by atoms with van der Waals surface area (Å²) in [5.41, 5.74) is 5.85. The largest absolute Gasteiger partial charge is 0.370 e. The molecule has 1 aliphatic heterocycles. The van der Waals surface area contributed by atoms with Crippen molar-refractivity contribution in [3.05, 3.63) is 34.9 Å². The van der Waals surface area contributed by atoms with E-state index in [0.29, 0.717) is 17.5 Å². The number of halogens is 2. The topological polar surface area (TPSA) is 84.2 Å². The number of amides is 2. The number of fused-ring (bicyclic) bond motifs is 1. The van der Waals surface area contributed by atoms with Gasteiger partial charge in [-0.2, -0.15) is 0 Å². The molecular weight excluding hydrogens is 361 g/mol. The molecule has 3 atom stereocenters. The Bertz CT molecular complexity index is 641. The van der Waals surface area contributed by atoms with E-state index in [0.717, 1.165) is 31.4 Å². The van der Waals surface area contributed by atoms with E-state index in [9.17, 15) is 9.59 Å². The van der Waals surface area contributed by atoms with Gasteiger partial charge in [-0.05, 0) is 43.0 Å². The van der Waals surface area contributed by atoms with Crippen molar-refractivity contribution < 1.29 is 9.59 Å². The Labute approximate surface area is 159 Å². The molecule has 0 spiro atoms. The zero-order valence-electron chi connectivity index (χ0n) is 14.1. The number of hydrogen-bond acceptors (Lipinski definition) is 3. The highest BCUT2D eigenvalue weighted by Crippen LogP contribution is 2.44. The predicted octanol–water partition coefficient (Wildman–Crippen LogP) is 2.57. The quantitative estimate of drug-likeness (QED) is 0.727. The molecule has 4 N–H and O–H groups in total. The van der Waals surface area contributed by atoms with Crippen molar-refractivity contribution >= 4 is 35.8 Å². The molecule has 138 valence electrons. The lowest BCUT2D eigenvalue weighted by Gasteiger charge is -2.38. The zero-order chi connectivity index (χ0) is 17.2. The minimum Gasteiger partial charge on any atom is -0.370 e. The molecule has 1 aromatic rings. The highest BCUT2D eigenvalue weighted by molar-refractivity contribution is 6.30. The molecular formula is C18H25Cl2N3O2. The van der Waals surface area contributed by atoms with Crippen molar-refractivity contribution in [3.63, 3.8) is 0 Å². The number of carbonyl (C=O) groups excluding carboxylic acids is 2. The lowest BCUT2D eigenvalue weighted by atomic mass is 9.67. The maximum atomic E-state index is 13.1. The highest BCUT2D eigenvalue weighted by Gasteiger charge is 2.50. The molecule has 3 rings (SSSR count). The Morgan fingerprint density at radius 1 is 1.40 bits per heavy atom. The van der Waals surface area contributed by atoms with Crippen molar-refractivity contribution in [2.24, 2.45) is 17.1 Å². The predicted molar refractivity (Wildman–Crippen MR) is 101 cm³/mol. The SMILES string of the molecule is Cl.NC(=O)C[C@@H](NC(=O)[C@@]12CCCC[C@H]1CNC2)c1cccc(Cl)c1. The van der Waals surface area contributed by atoms with Crippen molar-refractivity contribution in [2.45, 2.75) is 38.1 Å². The summed E-state index contributed by atoms with van der Waals surface area (Å²) >= 11 is 6.06. The van der Waals surface area contributed by atoms with Gasteiger partial charge in [-0.1, -0.05) is 36.6 Å². The summed E-state index contributed by atoms with van der Waals surface area (Å²) in [6.45, 7) is 1.60. The summed E-state index contributed by atoms with van der Waals surface area (Å²) < 4.78 is 0. The fourth-order valence-electron chi connectivity index (χ4n) is 4.17. The van der Waals surface area contributed by atoms with Gasteiger partial charge in [0.1, 0.15) is 0 Å². The molecule has 1 aromatic carbocycles. The second kappa shape index (κ2) is 8.39. The van der Waals surface area contributed by atoms with E-state index in [1.54, 1.807) is 12.1 Å². The summed E-state index contributed by atoms with van der Waals surface area (Å²) in [7, 11) is 0. The van der Waals surface area contributed by atoms with Crippen LogP contribution in [-0.2, 0) is 9.59 Å². The summed E-state index contributed by atoms with van der Waals surface area (Å²) in [5, 5.41) is 7.04. The van der Waals surface area contributed by atoms with Crippen LogP contribution in [0.4, 0.5) is 0 Å². The molecule has 1 aliphatic carbocycles. The highest BCUT2D eigenvalue weighted by atomic mass is 35.5. The van der Waals surface area contributed by atoms with Gasteiger partial charge in [0.25, 0.3) is 0 Å². The average molecular weight is 386 g/mol. The molecule has 2 aliphatic rings. The first-order valence-corrected chi connectivity index (χ1v) is 8.94. The molecule has 2 fully saturated rings. The van der Waals surface area contributed by atoms with E-state index < -0.39 is 11.9 Å². The van der Waals surface area contributed by atoms with E-state index in [1.807, 2.05) is 12.1 Å². The van der Waals surface area contributed by atoms with Crippen LogP contribution in [-0.4, -0.2) is 24.9 Å². The Balaban J connectivity index is 0.00000225. The average Bonchev–Trinajstić information content (AvgIpc) is 2.99. The van der Waals surface area contributed by atoms with E-state index in [-0.39, 0.29) is 30.2 Å². The third-order valence-corrected chi connectivity index (χ3v) is 5.69. The first-order chi connectivity index (χ1) is 11.5. The summed E-state index contributed by atoms with van der Waals surface area (Å²) in [6.07, 6.45) is 4.30. The minimum atomic E-state index is -0.442. The third kappa shape index (κ3) is 4.27. The van der Waals surface area contributed by atoms with Gasteiger partial charge < -0.3 is 16.4 Å². The Morgan fingerprint density at radius 3 is 2.92 bits per heavy atom. The first-order valence-electron chi connectivity index (χ1n) is 8.57. The molecule has 1 saturated heterocycles. The molecule has 5 nitrogen and oxygen atoms in total. The van der Waals surface area contributed by atoms with E-state index in [2.05, 4.69) is 10.6 Å². The van der Waals surface area contributed by atoms with Crippen LogP contribution in [0.15, 0.2) is 24.3 Å². The number of hydrogen-bond donors (Lipinski definition) is 3. The Morgan fingerprint density at radius 2 is 2.20 bits per heavy atom. The van der Waals surface area contributed by atoms with E-state index >= 15 is 0 Å². The lowest BCUT2D eigenvalue weighted by molar-refractivity contribution is -0.135. The summed E-state index contributed by atoms with van der Waals surface area (Å²) in [6, 6.07) is 6.79. The fraction of sp³-hybridized carbons (Fsp3) is 0.556. The van der Waals surface area contributed by atoms with Gasteiger partial charge in [0, 0.05) is 11.6 Å². The number of benzene rings is 1. The van der Waals surface area contributed by atoms with Crippen molar-refractivity contribution in [3.8, 4) is 0 Å². The first kappa shape index (κ1) is 20.0. The van der Waals surface area contributed by atoms with Crippen molar-refractivity contribution in [2.75, 3.05) is 13.1 Å². The van der Waals surface area contributed by atoms with Gasteiger partial charge in [-0.15, -0.1) is 12.4 Å². The maximum Gasteiger partial charge on any atom is 0.228 e. The molecule has 1 saturated carbocycles. The molecule has 2 amide bonds. The van der Waals surface area contributed by atoms with Crippen LogP contribution in [0.2, 0.25) is 5.02 Å². The van der Waals surface area contributed by atoms with Crippen LogP contribution in [0.1, 0.15) is 43.7 Å². The van der Waals surface area contributed by atoms with Crippen LogP contribution in [0, 0.1) is 11.3 Å². The standard InChI is InChI=1S/C18H24ClN3O2.ClH/c19-14-6-3-4-12(8-14)15(9-16(20)23)22-17(24)18-7-2-1-5-13(18)10-21-11-18;/h3-4,6,8,13,15,21H,1-2,5,7,9-11H2,(H2,20,23)(H,22,24);1H/t13-,15+,18+;/m0./s1. The van der Waals surface area contributed by atoms with Crippen molar-refractivity contribution in [1.82, 2.24) is 10.6 Å². The fourth-order valence-corrected chi connectivity index (χ4v) is 4.37. The van der Waals surface area contributed by atoms with Crippen LogP contribution in [0.3, 0.4) is 0 Å². The van der Waals surface area contributed by atoms with Gasteiger partial charge >= 0.3 is 0 Å². The van der Waals surface area contributed by atoms with E-state index in [1.165, 1.54) is 6.42 Å². The van der Waals surface area contributed by atoms with Gasteiger partial charge in [0.05, 0.1) is 17.9 Å². The number of rotatable bonds is 5. The molecule has 0 bridgehead atoms. The number of nitrogens with one attached hydrogen (secondary N) is 2. The normalized spacial score (nSPS) is 26.2. The van der Waals surface area contributed by atoms with Crippen LogP contribution < -0.4 is 16.4 Å². The van der Waals surface area contributed by atoms with Gasteiger partial charge in [0.2, 0.25) is 11.8 Å². The minimum absolute atomic E-state index is 0. The lowest BCUT2D eigenvalue weighted by Crippen LogP contribution is -2.49. The second-order valence-electron chi connectivity index (χ2n) is 6.98. The Kier molecular flexibility index (Phi) is 6.72. The third-order valence-electron chi connectivity index (χ3n) is 5.45. The number of nitrogens with two attached hydrogens (primary N) is 1. The van der Waals surface area contributed by atoms with Crippen LogP contribution in [0.25, 0.3) is 0 Å². The van der Waals surface area contributed by atoms with Gasteiger partial charge in [0.15, 0.2) is 0 Å². The summed E-state index contributed by atoms with van der Waals surface area (Å²) in [4.78, 5) is 24.6. The van der Waals surface area contributed by atoms with E-state index in [4.69, 9.17) is 17.3 Å².